The van der Waals surface area contributed by atoms with Gasteiger partial charge in [-0.2, -0.15) is 5.10 Å². The molecular weight excluding hydrogens is 290 g/mol. The minimum atomic E-state index is 0.0343. The zero-order valence-electron chi connectivity index (χ0n) is 14.1. The van der Waals surface area contributed by atoms with Crippen LogP contribution in [0.25, 0.3) is 0 Å². The van der Waals surface area contributed by atoms with E-state index in [2.05, 4.69) is 17.3 Å². The van der Waals surface area contributed by atoms with Gasteiger partial charge in [0.1, 0.15) is 5.75 Å². The first-order valence-electron chi connectivity index (χ1n) is 8.12. The molecule has 1 N–H and O–H groups in total. The number of carbonyl (C=O) groups is 1. The zero-order valence-corrected chi connectivity index (χ0v) is 14.1. The van der Waals surface area contributed by atoms with Gasteiger partial charge >= 0.3 is 0 Å². The fraction of sp³-hybridized carbons (Fsp3) is 0.444. The molecule has 124 valence electrons. The van der Waals surface area contributed by atoms with Gasteiger partial charge in [0.05, 0.1) is 18.8 Å². The molecule has 0 radical (unpaired) electrons. The summed E-state index contributed by atoms with van der Waals surface area (Å²) in [6.07, 6.45) is 5.78. The quantitative estimate of drug-likeness (QED) is 0.814. The SMILES string of the molecule is CCOc1ccc([C@@H](CC)NC(=O)CCc2cnn(C)c2)cc1. The van der Waals surface area contributed by atoms with Crippen molar-refractivity contribution in [2.75, 3.05) is 6.61 Å². The van der Waals surface area contributed by atoms with Gasteiger partial charge < -0.3 is 10.1 Å². The minimum absolute atomic E-state index is 0.0343. The van der Waals surface area contributed by atoms with Gasteiger partial charge in [-0.1, -0.05) is 19.1 Å². The molecule has 1 heterocycles. The summed E-state index contributed by atoms with van der Waals surface area (Å²) in [5.74, 6) is 0.920. The highest BCUT2D eigenvalue weighted by molar-refractivity contribution is 5.76. The molecule has 0 fully saturated rings. The molecule has 23 heavy (non-hydrogen) atoms. The standard InChI is InChI=1S/C18H25N3O2/c1-4-17(15-7-9-16(10-8-15)23-5-2)20-18(22)11-6-14-12-19-21(3)13-14/h7-10,12-13,17H,4-6,11H2,1-3H3,(H,20,22)/t17-/m1/s1. The van der Waals surface area contributed by atoms with Crippen LogP contribution in [0.4, 0.5) is 0 Å². The number of amides is 1. The molecule has 0 spiro atoms. The van der Waals surface area contributed by atoms with Crippen LogP contribution in [0.1, 0.15) is 43.9 Å². The summed E-state index contributed by atoms with van der Waals surface area (Å²) in [6.45, 7) is 4.69. The first kappa shape index (κ1) is 17.1. The zero-order chi connectivity index (χ0) is 16.7. The third-order valence-electron chi connectivity index (χ3n) is 3.74. The van der Waals surface area contributed by atoms with E-state index in [0.29, 0.717) is 19.4 Å². The van der Waals surface area contributed by atoms with Crippen LogP contribution in [0.3, 0.4) is 0 Å². The van der Waals surface area contributed by atoms with Crippen molar-refractivity contribution < 1.29 is 9.53 Å². The monoisotopic (exact) mass is 315 g/mol. The molecular formula is C18H25N3O2. The van der Waals surface area contributed by atoms with E-state index in [1.54, 1.807) is 10.9 Å². The lowest BCUT2D eigenvalue weighted by Gasteiger charge is -2.18. The van der Waals surface area contributed by atoms with Crippen LogP contribution in [0.2, 0.25) is 0 Å². The summed E-state index contributed by atoms with van der Waals surface area (Å²) in [7, 11) is 1.88. The second-order valence-corrected chi connectivity index (χ2v) is 5.55. The van der Waals surface area contributed by atoms with Crippen LogP contribution in [0.5, 0.6) is 5.75 Å². The summed E-state index contributed by atoms with van der Waals surface area (Å²) in [6, 6.07) is 7.96. The molecule has 1 atom stereocenters. The molecule has 2 rings (SSSR count). The number of hydrogen-bond donors (Lipinski definition) is 1. The van der Waals surface area contributed by atoms with E-state index < -0.39 is 0 Å². The predicted molar refractivity (Wildman–Crippen MR) is 90.3 cm³/mol. The lowest BCUT2D eigenvalue weighted by Crippen LogP contribution is -2.28. The third-order valence-corrected chi connectivity index (χ3v) is 3.74. The predicted octanol–water partition coefficient (Wildman–Crippen LogP) is 3.02. The van der Waals surface area contributed by atoms with Crippen LogP contribution in [-0.4, -0.2) is 22.3 Å². The van der Waals surface area contributed by atoms with Crippen molar-refractivity contribution in [1.82, 2.24) is 15.1 Å². The Hall–Kier alpha value is -2.30. The number of hydrogen-bond acceptors (Lipinski definition) is 3. The number of benzene rings is 1. The van der Waals surface area contributed by atoms with E-state index in [1.165, 1.54) is 0 Å². The molecule has 1 amide bonds. The van der Waals surface area contributed by atoms with Gasteiger partial charge in [0, 0.05) is 19.7 Å². The molecule has 0 saturated carbocycles. The fourth-order valence-corrected chi connectivity index (χ4v) is 2.51. The Kier molecular flexibility index (Phi) is 6.20. The molecule has 1 aromatic carbocycles. The third kappa shape index (κ3) is 5.13. The highest BCUT2D eigenvalue weighted by Gasteiger charge is 2.13. The number of rotatable bonds is 8. The van der Waals surface area contributed by atoms with E-state index in [-0.39, 0.29) is 11.9 Å². The number of aromatic nitrogens is 2. The topological polar surface area (TPSA) is 56.1 Å². The molecule has 0 bridgehead atoms. The van der Waals surface area contributed by atoms with Crippen molar-refractivity contribution in [1.29, 1.82) is 0 Å². The summed E-state index contributed by atoms with van der Waals surface area (Å²) in [4.78, 5) is 12.2. The van der Waals surface area contributed by atoms with Crippen molar-refractivity contribution >= 4 is 5.91 Å². The van der Waals surface area contributed by atoms with Crippen molar-refractivity contribution in [2.45, 2.75) is 39.2 Å². The van der Waals surface area contributed by atoms with Crippen LogP contribution in [-0.2, 0) is 18.3 Å². The summed E-state index contributed by atoms with van der Waals surface area (Å²) < 4.78 is 7.20. The molecule has 1 aromatic heterocycles. The van der Waals surface area contributed by atoms with E-state index in [4.69, 9.17) is 4.74 Å². The van der Waals surface area contributed by atoms with Gasteiger partial charge in [-0.25, -0.2) is 0 Å². The average molecular weight is 315 g/mol. The molecule has 0 aliphatic carbocycles. The largest absolute Gasteiger partial charge is 0.494 e. The molecule has 0 unspecified atom stereocenters. The van der Waals surface area contributed by atoms with Gasteiger partial charge in [0.25, 0.3) is 0 Å². The normalized spacial score (nSPS) is 12.0. The van der Waals surface area contributed by atoms with E-state index in [0.717, 1.165) is 23.3 Å². The van der Waals surface area contributed by atoms with Crippen LogP contribution in [0, 0.1) is 0 Å². The summed E-state index contributed by atoms with van der Waals surface area (Å²) >= 11 is 0. The lowest BCUT2D eigenvalue weighted by molar-refractivity contribution is -0.121. The van der Waals surface area contributed by atoms with Crippen molar-refractivity contribution in [3.63, 3.8) is 0 Å². The number of carbonyl (C=O) groups excluding carboxylic acids is 1. The van der Waals surface area contributed by atoms with Gasteiger partial charge in [-0.05, 0) is 43.0 Å². The lowest BCUT2D eigenvalue weighted by atomic mass is 10.0. The van der Waals surface area contributed by atoms with Crippen molar-refractivity contribution in [3.05, 3.63) is 47.8 Å². The Labute approximate surface area is 137 Å². The molecule has 0 saturated heterocycles. The van der Waals surface area contributed by atoms with E-state index in [9.17, 15) is 4.79 Å². The second kappa shape index (κ2) is 8.36. The molecule has 2 aromatic rings. The summed E-state index contributed by atoms with van der Waals surface area (Å²) in [5, 5.41) is 7.22. The van der Waals surface area contributed by atoms with Gasteiger partial charge in [-0.15, -0.1) is 0 Å². The van der Waals surface area contributed by atoms with Gasteiger partial charge in [0.2, 0.25) is 5.91 Å². The smallest absolute Gasteiger partial charge is 0.220 e. The van der Waals surface area contributed by atoms with Crippen LogP contribution >= 0.6 is 0 Å². The number of nitrogens with one attached hydrogen (secondary N) is 1. The first-order valence-corrected chi connectivity index (χ1v) is 8.12. The Morgan fingerprint density at radius 1 is 1.30 bits per heavy atom. The average Bonchev–Trinajstić information content (AvgIpc) is 2.97. The maximum atomic E-state index is 12.2. The minimum Gasteiger partial charge on any atom is -0.494 e. The highest BCUT2D eigenvalue weighted by Crippen LogP contribution is 2.20. The maximum Gasteiger partial charge on any atom is 0.220 e. The number of aryl methyl sites for hydroxylation is 2. The molecule has 5 heteroatoms. The van der Waals surface area contributed by atoms with Gasteiger partial charge in [-0.3, -0.25) is 9.48 Å². The summed E-state index contributed by atoms with van der Waals surface area (Å²) in [5.41, 5.74) is 2.18. The Morgan fingerprint density at radius 2 is 2.04 bits per heavy atom. The van der Waals surface area contributed by atoms with Gasteiger partial charge in [0.15, 0.2) is 0 Å². The molecule has 0 aliphatic heterocycles. The molecule has 5 nitrogen and oxygen atoms in total. The fourth-order valence-electron chi connectivity index (χ4n) is 2.51. The number of nitrogens with zero attached hydrogens (tertiary/aromatic N) is 2. The number of ether oxygens (including phenoxy) is 1. The maximum absolute atomic E-state index is 12.2. The Bertz CT molecular complexity index is 619. The van der Waals surface area contributed by atoms with E-state index >= 15 is 0 Å². The highest BCUT2D eigenvalue weighted by atomic mass is 16.5. The van der Waals surface area contributed by atoms with Crippen LogP contribution in [0.15, 0.2) is 36.7 Å². The first-order chi connectivity index (χ1) is 11.1. The Morgan fingerprint density at radius 3 is 2.61 bits per heavy atom. The van der Waals surface area contributed by atoms with E-state index in [1.807, 2.05) is 44.4 Å². The van der Waals surface area contributed by atoms with Crippen molar-refractivity contribution in [2.24, 2.45) is 7.05 Å². The molecule has 0 aliphatic rings. The van der Waals surface area contributed by atoms with Crippen molar-refractivity contribution in [3.8, 4) is 5.75 Å². The van der Waals surface area contributed by atoms with Crippen LogP contribution < -0.4 is 10.1 Å². The second-order valence-electron chi connectivity index (χ2n) is 5.55. The Balaban J connectivity index is 1.88.